The number of nitrogens with zero attached hydrogens (tertiary/aromatic N) is 2. The van der Waals surface area contributed by atoms with Gasteiger partial charge in [-0.15, -0.1) is 0 Å². The van der Waals surface area contributed by atoms with Gasteiger partial charge in [-0.1, -0.05) is 15.9 Å². The summed E-state index contributed by atoms with van der Waals surface area (Å²) >= 11 is 3.31. The van der Waals surface area contributed by atoms with E-state index < -0.39 is 10.0 Å². The molecule has 0 bridgehead atoms. The molecule has 2 aromatic carbocycles. The minimum atomic E-state index is -3.51. The number of halogens is 1. The highest BCUT2D eigenvalue weighted by atomic mass is 79.9. The van der Waals surface area contributed by atoms with Crippen molar-refractivity contribution in [2.75, 3.05) is 44.6 Å². The number of ether oxygens (including phenoxy) is 1. The second-order valence-electron chi connectivity index (χ2n) is 6.64. The number of carbonyl (C=O) groups is 1. The summed E-state index contributed by atoms with van der Waals surface area (Å²) in [6.07, 6.45) is 0. The van der Waals surface area contributed by atoms with Crippen LogP contribution in [0.25, 0.3) is 0 Å². The quantitative estimate of drug-likeness (QED) is 0.657. The SMILES string of the molecule is CCOc1ccc(NC(=O)CN2CCN(S(=O)(=O)c3ccc(Br)cc3)CC2)cc1. The van der Waals surface area contributed by atoms with E-state index in [0.717, 1.165) is 10.2 Å². The summed E-state index contributed by atoms with van der Waals surface area (Å²) in [4.78, 5) is 14.5. The third kappa shape index (κ3) is 5.79. The summed E-state index contributed by atoms with van der Waals surface area (Å²) in [6, 6.07) is 13.8. The first-order chi connectivity index (χ1) is 13.9. The number of piperazine rings is 1. The van der Waals surface area contributed by atoms with Crippen LogP contribution in [0, 0.1) is 0 Å². The predicted molar refractivity (Wildman–Crippen MR) is 116 cm³/mol. The summed E-state index contributed by atoms with van der Waals surface area (Å²) in [5.41, 5.74) is 0.704. The van der Waals surface area contributed by atoms with Crippen molar-refractivity contribution in [1.29, 1.82) is 0 Å². The van der Waals surface area contributed by atoms with Crippen molar-refractivity contribution in [2.24, 2.45) is 0 Å². The standard InChI is InChI=1S/C20H24BrN3O4S/c1-2-28-18-7-5-17(6-8-18)22-20(25)15-23-11-13-24(14-12-23)29(26,27)19-9-3-16(21)4-10-19/h3-10H,2,11-15H2,1H3,(H,22,25). The van der Waals surface area contributed by atoms with Crippen LogP contribution in [0.5, 0.6) is 5.75 Å². The van der Waals surface area contributed by atoms with Gasteiger partial charge < -0.3 is 10.1 Å². The molecule has 1 heterocycles. The molecule has 0 atom stereocenters. The van der Waals surface area contributed by atoms with Crippen LogP contribution >= 0.6 is 15.9 Å². The van der Waals surface area contributed by atoms with Crippen LogP contribution in [-0.4, -0.2) is 62.9 Å². The summed E-state index contributed by atoms with van der Waals surface area (Å²) in [5.74, 6) is 0.631. The first-order valence-electron chi connectivity index (χ1n) is 9.39. The second kappa shape index (κ2) is 9.71. The van der Waals surface area contributed by atoms with Crippen molar-refractivity contribution in [3.8, 4) is 5.75 Å². The van der Waals surface area contributed by atoms with Crippen molar-refractivity contribution in [2.45, 2.75) is 11.8 Å². The number of sulfonamides is 1. The van der Waals surface area contributed by atoms with Gasteiger partial charge in [-0.05, 0) is 55.5 Å². The van der Waals surface area contributed by atoms with Gasteiger partial charge in [0.2, 0.25) is 15.9 Å². The Morgan fingerprint density at radius 1 is 1.03 bits per heavy atom. The maximum atomic E-state index is 12.7. The molecule has 1 saturated heterocycles. The topological polar surface area (TPSA) is 79.0 Å². The first kappa shape index (κ1) is 21.8. The average Bonchev–Trinajstić information content (AvgIpc) is 2.70. The number of rotatable bonds is 7. The molecule has 156 valence electrons. The van der Waals surface area contributed by atoms with Crippen molar-refractivity contribution < 1.29 is 17.9 Å². The lowest BCUT2D eigenvalue weighted by Crippen LogP contribution is -2.50. The maximum absolute atomic E-state index is 12.7. The molecule has 0 aromatic heterocycles. The molecule has 1 amide bonds. The Kier molecular flexibility index (Phi) is 7.28. The molecule has 1 fully saturated rings. The summed E-state index contributed by atoms with van der Waals surface area (Å²) in [7, 11) is -3.51. The highest BCUT2D eigenvalue weighted by molar-refractivity contribution is 9.10. The number of hydrogen-bond donors (Lipinski definition) is 1. The number of nitrogens with one attached hydrogen (secondary N) is 1. The molecule has 29 heavy (non-hydrogen) atoms. The minimum Gasteiger partial charge on any atom is -0.494 e. The lowest BCUT2D eigenvalue weighted by molar-refractivity contribution is -0.117. The fourth-order valence-electron chi connectivity index (χ4n) is 3.09. The van der Waals surface area contributed by atoms with E-state index >= 15 is 0 Å². The molecule has 0 radical (unpaired) electrons. The van der Waals surface area contributed by atoms with Crippen molar-refractivity contribution in [1.82, 2.24) is 9.21 Å². The van der Waals surface area contributed by atoms with Gasteiger partial charge in [-0.25, -0.2) is 8.42 Å². The number of anilines is 1. The molecule has 0 saturated carbocycles. The van der Waals surface area contributed by atoms with Crippen molar-refractivity contribution >= 4 is 37.5 Å². The molecular formula is C20H24BrN3O4S. The molecule has 0 unspecified atom stereocenters. The Hall–Kier alpha value is -1.94. The van der Waals surface area contributed by atoms with Crippen LogP contribution in [-0.2, 0) is 14.8 Å². The molecular weight excluding hydrogens is 458 g/mol. The van der Waals surface area contributed by atoms with E-state index in [0.29, 0.717) is 38.5 Å². The van der Waals surface area contributed by atoms with Gasteiger partial charge in [0.15, 0.2) is 0 Å². The molecule has 0 aliphatic carbocycles. The van der Waals surface area contributed by atoms with Crippen molar-refractivity contribution in [3.05, 3.63) is 53.0 Å². The largest absolute Gasteiger partial charge is 0.494 e. The number of hydrogen-bond acceptors (Lipinski definition) is 5. The second-order valence-corrected chi connectivity index (χ2v) is 9.49. The van der Waals surface area contributed by atoms with Gasteiger partial charge in [0.25, 0.3) is 0 Å². The number of benzene rings is 2. The van der Waals surface area contributed by atoms with Crippen LogP contribution in [0.1, 0.15) is 6.92 Å². The number of amides is 1. The van der Waals surface area contributed by atoms with Gasteiger partial charge in [0.1, 0.15) is 5.75 Å². The third-order valence-electron chi connectivity index (χ3n) is 4.60. The molecule has 1 aliphatic rings. The number of carbonyl (C=O) groups excluding carboxylic acids is 1. The Labute approximate surface area is 179 Å². The van der Waals surface area contributed by atoms with E-state index in [1.807, 2.05) is 24.0 Å². The fourth-order valence-corrected chi connectivity index (χ4v) is 4.77. The highest BCUT2D eigenvalue weighted by Crippen LogP contribution is 2.20. The Morgan fingerprint density at radius 3 is 2.24 bits per heavy atom. The third-order valence-corrected chi connectivity index (χ3v) is 7.04. The van der Waals surface area contributed by atoms with E-state index in [1.165, 1.54) is 4.31 Å². The van der Waals surface area contributed by atoms with E-state index in [2.05, 4.69) is 21.2 Å². The lowest BCUT2D eigenvalue weighted by atomic mass is 10.3. The molecule has 1 aliphatic heterocycles. The van der Waals surface area contributed by atoms with Crippen LogP contribution in [0.3, 0.4) is 0 Å². The Balaban J connectivity index is 1.50. The van der Waals surface area contributed by atoms with Gasteiger partial charge in [-0.2, -0.15) is 4.31 Å². The molecule has 7 nitrogen and oxygen atoms in total. The Bertz CT molecular complexity index is 925. The predicted octanol–water partition coefficient (Wildman–Crippen LogP) is 2.79. The van der Waals surface area contributed by atoms with Crippen LogP contribution < -0.4 is 10.1 Å². The maximum Gasteiger partial charge on any atom is 0.243 e. The fraction of sp³-hybridized carbons (Fsp3) is 0.350. The van der Waals surface area contributed by atoms with Gasteiger partial charge in [-0.3, -0.25) is 9.69 Å². The molecule has 1 N–H and O–H groups in total. The molecule has 0 spiro atoms. The summed E-state index contributed by atoms with van der Waals surface area (Å²) < 4.78 is 33.2. The van der Waals surface area contributed by atoms with Crippen LogP contribution in [0.4, 0.5) is 5.69 Å². The van der Waals surface area contributed by atoms with E-state index in [9.17, 15) is 13.2 Å². The smallest absolute Gasteiger partial charge is 0.243 e. The highest BCUT2D eigenvalue weighted by Gasteiger charge is 2.29. The van der Waals surface area contributed by atoms with Gasteiger partial charge >= 0.3 is 0 Å². The van der Waals surface area contributed by atoms with E-state index in [4.69, 9.17) is 4.74 Å². The lowest BCUT2D eigenvalue weighted by Gasteiger charge is -2.33. The zero-order valence-electron chi connectivity index (χ0n) is 16.2. The summed E-state index contributed by atoms with van der Waals surface area (Å²) in [6.45, 7) is 4.45. The average molecular weight is 482 g/mol. The monoisotopic (exact) mass is 481 g/mol. The first-order valence-corrected chi connectivity index (χ1v) is 11.6. The zero-order chi connectivity index (χ0) is 20.9. The Morgan fingerprint density at radius 2 is 1.66 bits per heavy atom. The summed E-state index contributed by atoms with van der Waals surface area (Å²) in [5, 5.41) is 2.86. The van der Waals surface area contributed by atoms with E-state index in [1.54, 1.807) is 36.4 Å². The minimum absolute atomic E-state index is 0.127. The van der Waals surface area contributed by atoms with Crippen molar-refractivity contribution in [3.63, 3.8) is 0 Å². The van der Waals surface area contributed by atoms with Gasteiger partial charge in [0.05, 0.1) is 18.0 Å². The van der Waals surface area contributed by atoms with Crippen LogP contribution in [0.2, 0.25) is 0 Å². The molecule has 2 aromatic rings. The van der Waals surface area contributed by atoms with E-state index in [-0.39, 0.29) is 17.3 Å². The molecule has 9 heteroatoms. The zero-order valence-corrected chi connectivity index (χ0v) is 18.6. The van der Waals surface area contributed by atoms with Gasteiger partial charge in [0, 0.05) is 36.3 Å². The molecule has 3 rings (SSSR count). The van der Waals surface area contributed by atoms with Crippen LogP contribution in [0.15, 0.2) is 57.9 Å². The normalized spacial score (nSPS) is 15.8.